The van der Waals surface area contributed by atoms with Gasteiger partial charge in [-0.25, -0.2) is 4.79 Å². The molecule has 1 atom stereocenters. The summed E-state index contributed by atoms with van der Waals surface area (Å²) in [5.41, 5.74) is 1.37. The van der Waals surface area contributed by atoms with Crippen LogP contribution >= 0.6 is 11.6 Å². The summed E-state index contributed by atoms with van der Waals surface area (Å²) in [7, 11) is 1.83. The van der Waals surface area contributed by atoms with Gasteiger partial charge in [0.1, 0.15) is 5.60 Å². The molecule has 2 aliphatic rings. The zero-order valence-electron chi connectivity index (χ0n) is 16.0. The first-order chi connectivity index (χ1) is 12.2. The van der Waals surface area contributed by atoms with Gasteiger partial charge in [0.05, 0.1) is 18.8 Å². The summed E-state index contributed by atoms with van der Waals surface area (Å²) in [6, 6.07) is 5.94. The Balaban J connectivity index is 1.88. The molecule has 1 aliphatic carbocycles. The summed E-state index contributed by atoms with van der Waals surface area (Å²) < 4.78 is 16.9. The SMILES string of the molecule is CN(C(=O)OC(C)(C)C)C1(CCC2OCCO2)CCc2cc(Cl)ccc21. The van der Waals surface area contributed by atoms with Crippen LogP contribution in [0.5, 0.6) is 0 Å². The number of rotatable bonds is 4. The predicted molar refractivity (Wildman–Crippen MR) is 100 cm³/mol. The molecule has 1 unspecified atom stereocenters. The van der Waals surface area contributed by atoms with Crippen molar-refractivity contribution in [3.63, 3.8) is 0 Å². The average molecular weight is 382 g/mol. The number of amides is 1. The molecule has 1 aliphatic heterocycles. The Morgan fingerprint density at radius 2 is 2.04 bits per heavy atom. The van der Waals surface area contributed by atoms with Gasteiger partial charge in [0, 0.05) is 18.5 Å². The van der Waals surface area contributed by atoms with Gasteiger partial charge in [-0.3, -0.25) is 0 Å². The summed E-state index contributed by atoms with van der Waals surface area (Å²) >= 11 is 6.18. The number of fused-ring (bicyclic) bond motifs is 1. The Bertz CT molecular complexity index is 666. The highest BCUT2D eigenvalue weighted by Crippen LogP contribution is 2.46. The number of hydrogen-bond donors (Lipinski definition) is 0. The van der Waals surface area contributed by atoms with Gasteiger partial charge < -0.3 is 19.1 Å². The van der Waals surface area contributed by atoms with Crippen molar-refractivity contribution in [3.05, 3.63) is 34.3 Å². The average Bonchev–Trinajstić information content (AvgIpc) is 3.18. The third-order valence-corrected chi connectivity index (χ3v) is 5.41. The van der Waals surface area contributed by atoms with Crippen LogP contribution in [-0.2, 0) is 26.2 Å². The maximum Gasteiger partial charge on any atom is 0.410 e. The molecule has 0 saturated carbocycles. The van der Waals surface area contributed by atoms with Crippen LogP contribution in [0, 0.1) is 0 Å². The van der Waals surface area contributed by atoms with Crippen molar-refractivity contribution in [2.24, 2.45) is 0 Å². The molecule has 0 radical (unpaired) electrons. The number of carbonyl (C=O) groups excluding carboxylic acids is 1. The van der Waals surface area contributed by atoms with Crippen molar-refractivity contribution in [3.8, 4) is 0 Å². The van der Waals surface area contributed by atoms with E-state index in [9.17, 15) is 4.79 Å². The van der Waals surface area contributed by atoms with Crippen LogP contribution in [0.25, 0.3) is 0 Å². The monoisotopic (exact) mass is 381 g/mol. The first kappa shape index (κ1) is 19.5. The van der Waals surface area contributed by atoms with Crippen molar-refractivity contribution in [1.29, 1.82) is 0 Å². The fraction of sp³-hybridized carbons (Fsp3) is 0.650. The fourth-order valence-electron chi connectivity index (χ4n) is 3.91. The van der Waals surface area contributed by atoms with Crippen LogP contribution in [0.15, 0.2) is 18.2 Å². The highest BCUT2D eigenvalue weighted by Gasteiger charge is 2.45. The van der Waals surface area contributed by atoms with E-state index in [0.717, 1.165) is 36.3 Å². The molecular formula is C20H28ClNO4. The lowest BCUT2D eigenvalue weighted by Gasteiger charge is -2.41. The molecule has 0 spiro atoms. The van der Waals surface area contributed by atoms with E-state index in [1.807, 2.05) is 46.0 Å². The maximum atomic E-state index is 12.8. The Morgan fingerprint density at radius 3 is 2.69 bits per heavy atom. The minimum Gasteiger partial charge on any atom is -0.444 e. The number of ether oxygens (including phenoxy) is 3. The van der Waals surface area contributed by atoms with Crippen molar-refractivity contribution in [1.82, 2.24) is 4.90 Å². The van der Waals surface area contributed by atoms with Gasteiger partial charge in [-0.15, -0.1) is 0 Å². The minimum absolute atomic E-state index is 0.199. The molecular weight excluding hydrogens is 354 g/mol. The summed E-state index contributed by atoms with van der Waals surface area (Å²) in [5, 5.41) is 0.724. The number of aryl methyl sites for hydroxylation is 1. The third kappa shape index (κ3) is 4.00. The summed E-state index contributed by atoms with van der Waals surface area (Å²) in [6.45, 7) is 6.91. The lowest BCUT2D eigenvalue weighted by Crippen LogP contribution is -2.48. The van der Waals surface area contributed by atoms with Crippen LogP contribution < -0.4 is 0 Å². The van der Waals surface area contributed by atoms with E-state index in [1.54, 1.807) is 4.90 Å². The Labute approximate surface area is 160 Å². The second-order valence-corrected chi connectivity index (χ2v) is 8.52. The molecule has 1 aromatic rings. The predicted octanol–water partition coefficient (Wildman–Crippen LogP) is 4.50. The molecule has 0 N–H and O–H groups in total. The molecule has 3 rings (SSSR count). The largest absolute Gasteiger partial charge is 0.444 e. The molecule has 1 heterocycles. The number of hydrogen-bond acceptors (Lipinski definition) is 4. The van der Waals surface area contributed by atoms with Gasteiger partial charge in [0.2, 0.25) is 0 Å². The zero-order chi connectivity index (χ0) is 18.9. The third-order valence-electron chi connectivity index (χ3n) is 5.17. The summed E-state index contributed by atoms with van der Waals surface area (Å²) in [6.07, 6.45) is 2.70. The number of nitrogens with zero attached hydrogens (tertiary/aromatic N) is 1. The quantitative estimate of drug-likeness (QED) is 0.770. The normalized spacial score (nSPS) is 23.1. The number of carbonyl (C=O) groups is 1. The summed E-state index contributed by atoms with van der Waals surface area (Å²) in [4.78, 5) is 14.6. The molecule has 1 aromatic carbocycles. The van der Waals surface area contributed by atoms with Gasteiger partial charge in [0.15, 0.2) is 6.29 Å². The van der Waals surface area contributed by atoms with Gasteiger partial charge in [0.25, 0.3) is 0 Å². The van der Waals surface area contributed by atoms with Crippen LogP contribution in [0.2, 0.25) is 5.02 Å². The Hall–Kier alpha value is -1.30. The van der Waals surface area contributed by atoms with Crippen molar-refractivity contribution in [2.75, 3.05) is 20.3 Å². The van der Waals surface area contributed by atoms with E-state index in [4.69, 9.17) is 25.8 Å². The standard InChI is InChI=1S/C20H28ClNO4/c1-19(2,3)26-18(23)22(4)20(10-8-17-24-11-12-25-17)9-7-14-13-15(21)5-6-16(14)20/h5-6,13,17H,7-12H2,1-4H3. The van der Waals surface area contributed by atoms with E-state index < -0.39 is 11.1 Å². The van der Waals surface area contributed by atoms with Crippen molar-refractivity contribution in [2.45, 2.75) is 63.9 Å². The zero-order valence-corrected chi connectivity index (χ0v) is 16.8. The van der Waals surface area contributed by atoms with E-state index in [1.165, 1.54) is 5.56 Å². The van der Waals surface area contributed by atoms with Crippen LogP contribution in [0.1, 0.15) is 51.2 Å². The number of halogens is 1. The Morgan fingerprint density at radius 1 is 1.35 bits per heavy atom. The number of benzene rings is 1. The molecule has 1 amide bonds. The second-order valence-electron chi connectivity index (χ2n) is 8.08. The molecule has 6 heteroatoms. The summed E-state index contributed by atoms with van der Waals surface area (Å²) in [5.74, 6) is 0. The molecule has 26 heavy (non-hydrogen) atoms. The maximum absolute atomic E-state index is 12.8. The van der Waals surface area contributed by atoms with Gasteiger partial charge in [-0.2, -0.15) is 0 Å². The lowest BCUT2D eigenvalue weighted by molar-refractivity contribution is -0.0599. The van der Waals surface area contributed by atoms with Gasteiger partial charge >= 0.3 is 6.09 Å². The van der Waals surface area contributed by atoms with Gasteiger partial charge in [-0.1, -0.05) is 17.7 Å². The molecule has 1 saturated heterocycles. The van der Waals surface area contributed by atoms with Crippen molar-refractivity contribution < 1.29 is 19.0 Å². The molecule has 0 bridgehead atoms. The minimum atomic E-state index is -0.536. The molecule has 0 aromatic heterocycles. The fourth-order valence-corrected chi connectivity index (χ4v) is 4.11. The topological polar surface area (TPSA) is 48.0 Å². The van der Waals surface area contributed by atoms with Crippen LogP contribution in [0.4, 0.5) is 4.79 Å². The first-order valence-electron chi connectivity index (χ1n) is 9.20. The van der Waals surface area contributed by atoms with Crippen LogP contribution in [-0.4, -0.2) is 43.1 Å². The molecule has 1 fully saturated rings. The van der Waals surface area contributed by atoms with E-state index in [0.29, 0.717) is 13.2 Å². The highest BCUT2D eigenvalue weighted by atomic mass is 35.5. The molecule has 5 nitrogen and oxygen atoms in total. The van der Waals surface area contributed by atoms with E-state index >= 15 is 0 Å². The van der Waals surface area contributed by atoms with Gasteiger partial charge in [-0.05, 0) is 63.3 Å². The van der Waals surface area contributed by atoms with E-state index in [2.05, 4.69) is 0 Å². The first-order valence-corrected chi connectivity index (χ1v) is 9.58. The Kier molecular flexibility index (Phi) is 5.52. The second kappa shape index (κ2) is 7.37. The van der Waals surface area contributed by atoms with E-state index in [-0.39, 0.29) is 12.4 Å². The smallest absolute Gasteiger partial charge is 0.410 e. The van der Waals surface area contributed by atoms with Crippen LogP contribution in [0.3, 0.4) is 0 Å². The lowest BCUT2D eigenvalue weighted by atomic mass is 9.85. The van der Waals surface area contributed by atoms with Crippen molar-refractivity contribution >= 4 is 17.7 Å². The molecule has 144 valence electrons. The highest BCUT2D eigenvalue weighted by molar-refractivity contribution is 6.30.